The summed E-state index contributed by atoms with van der Waals surface area (Å²) in [6.45, 7) is 7.69. The Morgan fingerprint density at radius 1 is 0.905 bits per heavy atom. The van der Waals surface area contributed by atoms with Crippen molar-refractivity contribution >= 4 is 36.0 Å². The van der Waals surface area contributed by atoms with E-state index in [1.165, 1.54) is 0 Å². The highest BCUT2D eigenvalue weighted by Gasteiger charge is 2.25. The van der Waals surface area contributed by atoms with Gasteiger partial charge in [-0.15, -0.1) is 0 Å². The first-order chi connectivity index (χ1) is 9.44. The molecule has 6 nitrogen and oxygen atoms in total. The second-order valence-electron chi connectivity index (χ2n) is 5.39. The highest BCUT2D eigenvalue weighted by Crippen LogP contribution is 2.42. The van der Waals surface area contributed by atoms with Gasteiger partial charge in [0, 0.05) is 0 Å². The van der Waals surface area contributed by atoms with E-state index in [1.54, 1.807) is 41.5 Å². The topological polar surface area (TPSA) is 76.7 Å². The van der Waals surface area contributed by atoms with Gasteiger partial charge in [-0.3, -0.25) is 19.8 Å². The summed E-state index contributed by atoms with van der Waals surface area (Å²) in [4.78, 5) is 23.4. The van der Waals surface area contributed by atoms with Gasteiger partial charge in [-0.05, 0) is 41.5 Å². The maximum absolute atomic E-state index is 11.7. The summed E-state index contributed by atoms with van der Waals surface area (Å²) in [5.74, 6) is -0.837. The normalized spacial score (nSPS) is 14.9. The third kappa shape index (κ3) is 9.14. The molecule has 0 heterocycles. The number of halogens is 1. The van der Waals surface area contributed by atoms with E-state index in [1.807, 2.05) is 0 Å². The molecule has 2 atom stereocenters. The second-order valence-corrected chi connectivity index (χ2v) is 9.07. The van der Waals surface area contributed by atoms with Crippen LogP contribution in [0.5, 0.6) is 0 Å². The second kappa shape index (κ2) is 8.79. The lowest BCUT2D eigenvalue weighted by Gasteiger charge is -2.26. The average Bonchev–Trinajstić information content (AvgIpc) is 2.25. The summed E-state index contributed by atoms with van der Waals surface area (Å²) < 4.78 is 10.1. The fourth-order valence-corrected chi connectivity index (χ4v) is 3.82. The van der Waals surface area contributed by atoms with E-state index in [0.717, 1.165) is 0 Å². The molecule has 0 aromatic rings. The molecule has 0 saturated carbocycles. The first-order valence-corrected chi connectivity index (χ1v) is 9.72. The molecule has 0 spiro atoms. The Balaban J connectivity index is 4.52. The highest BCUT2D eigenvalue weighted by molar-refractivity contribution is 7.93. The Kier molecular flexibility index (Phi) is 8.56. The molecule has 21 heavy (non-hydrogen) atoms. The smallest absolute Gasteiger partial charge is 0.323 e. The minimum atomic E-state index is -2.63. The largest absolute Gasteiger partial charge is 0.462 e. The van der Waals surface area contributed by atoms with Crippen LogP contribution in [-0.4, -0.2) is 42.5 Å². The Morgan fingerprint density at radius 3 is 1.43 bits per heavy atom. The minimum Gasteiger partial charge on any atom is -0.462 e. The van der Waals surface area contributed by atoms with Gasteiger partial charge in [0.1, 0.15) is 12.1 Å². The third-order valence-corrected chi connectivity index (χ3v) is 4.39. The number of carbonyl (C=O) groups excluding carboxylic acids is 2. The van der Waals surface area contributed by atoms with Crippen LogP contribution in [-0.2, 0) is 19.1 Å². The zero-order valence-corrected chi connectivity index (χ0v) is 15.1. The Labute approximate surface area is 131 Å². The van der Waals surface area contributed by atoms with Gasteiger partial charge in [0.05, 0.1) is 18.7 Å². The van der Waals surface area contributed by atoms with Crippen molar-refractivity contribution in [3.8, 4) is 0 Å². The SMILES string of the molecule is C=P(Cl)(N[C@@H](C)C(=O)OC(C)C)N[C@@H](C)C(=O)OC(C)C. The molecular weight excluding hydrogens is 315 g/mol. The van der Waals surface area contributed by atoms with E-state index in [0.29, 0.717) is 0 Å². The molecule has 2 N–H and O–H groups in total. The zero-order chi connectivity index (χ0) is 16.8. The number of ether oxygens (including phenoxy) is 2. The summed E-state index contributed by atoms with van der Waals surface area (Å²) in [6, 6.07) is -1.26. The van der Waals surface area contributed by atoms with E-state index < -0.39 is 30.6 Å². The van der Waals surface area contributed by atoms with Crippen LogP contribution in [0.15, 0.2) is 0 Å². The zero-order valence-electron chi connectivity index (χ0n) is 13.5. The van der Waals surface area contributed by atoms with Gasteiger partial charge in [0.25, 0.3) is 0 Å². The van der Waals surface area contributed by atoms with Crippen molar-refractivity contribution in [2.24, 2.45) is 0 Å². The van der Waals surface area contributed by atoms with Gasteiger partial charge in [-0.2, -0.15) is 0 Å². The number of nitrogens with one attached hydrogen (secondary N) is 2. The molecule has 0 saturated heterocycles. The van der Waals surface area contributed by atoms with Gasteiger partial charge in [0.15, 0.2) is 0 Å². The predicted octanol–water partition coefficient (Wildman–Crippen LogP) is 2.28. The van der Waals surface area contributed by atoms with Gasteiger partial charge >= 0.3 is 11.9 Å². The number of hydrogen-bond acceptors (Lipinski definition) is 6. The van der Waals surface area contributed by atoms with Crippen LogP contribution in [0, 0.1) is 0 Å². The fourth-order valence-electron chi connectivity index (χ4n) is 1.43. The minimum absolute atomic E-state index is 0.206. The van der Waals surface area contributed by atoms with E-state index in [9.17, 15) is 9.59 Å². The summed E-state index contributed by atoms with van der Waals surface area (Å²) in [7, 11) is 0. The van der Waals surface area contributed by atoms with Crippen LogP contribution in [0.1, 0.15) is 41.5 Å². The maximum atomic E-state index is 11.7. The third-order valence-electron chi connectivity index (χ3n) is 2.21. The molecule has 0 aliphatic carbocycles. The van der Waals surface area contributed by atoms with E-state index in [2.05, 4.69) is 16.5 Å². The molecule has 0 aromatic heterocycles. The van der Waals surface area contributed by atoms with Crippen LogP contribution in [0.4, 0.5) is 0 Å². The van der Waals surface area contributed by atoms with Crippen molar-refractivity contribution in [1.82, 2.24) is 10.2 Å². The van der Waals surface area contributed by atoms with Crippen molar-refractivity contribution < 1.29 is 19.1 Å². The van der Waals surface area contributed by atoms with E-state index in [4.69, 9.17) is 20.7 Å². The molecule has 0 rings (SSSR count). The van der Waals surface area contributed by atoms with Crippen LogP contribution in [0.2, 0.25) is 0 Å². The molecule has 0 fully saturated rings. The summed E-state index contributed by atoms with van der Waals surface area (Å²) in [5, 5.41) is 5.74. The first-order valence-electron chi connectivity index (χ1n) is 6.84. The molecule has 0 aliphatic rings. The lowest BCUT2D eigenvalue weighted by Crippen LogP contribution is -2.41. The number of hydrogen-bond donors (Lipinski definition) is 2. The average molecular weight is 341 g/mol. The number of carbonyl (C=O) groups is 2. The highest BCUT2D eigenvalue weighted by atomic mass is 35.7. The van der Waals surface area contributed by atoms with Crippen LogP contribution < -0.4 is 10.2 Å². The van der Waals surface area contributed by atoms with Gasteiger partial charge in [-0.25, -0.2) is 0 Å². The number of rotatable bonds is 8. The van der Waals surface area contributed by atoms with Gasteiger partial charge in [-0.1, -0.05) is 17.5 Å². The lowest BCUT2D eigenvalue weighted by molar-refractivity contribution is -0.149. The Bertz CT molecular complexity index is 381. The molecule has 0 amide bonds. The lowest BCUT2D eigenvalue weighted by atomic mass is 10.4. The Morgan fingerprint density at radius 2 is 1.19 bits per heavy atom. The first kappa shape index (κ1) is 20.5. The van der Waals surface area contributed by atoms with Crippen LogP contribution in [0.25, 0.3) is 0 Å². The fraction of sp³-hybridized carbons (Fsp3) is 0.769. The van der Waals surface area contributed by atoms with Crippen LogP contribution in [0.3, 0.4) is 0 Å². The maximum Gasteiger partial charge on any atom is 0.323 e. The van der Waals surface area contributed by atoms with E-state index >= 15 is 0 Å². The van der Waals surface area contributed by atoms with Crippen molar-refractivity contribution in [2.75, 3.05) is 0 Å². The molecule has 0 aliphatic heterocycles. The molecule has 0 bridgehead atoms. The Hall–Kier alpha value is -0.550. The van der Waals surface area contributed by atoms with Gasteiger partial charge in [0.2, 0.25) is 0 Å². The van der Waals surface area contributed by atoms with Crippen molar-refractivity contribution in [1.29, 1.82) is 0 Å². The van der Waals surface area contributed by atoms with Crippen molar-refractivity contribution in [2.45, 2.75) is 65.8 Å². The standard InChI is InChI=1S/C13H26ClN2O4P/c1-8(2)19-12(17)10(5)15-21(7,14)16-11(6)13(18)20-9(3)4/h8-11,15-16H,7H2,1-6H3/t10-,11-/m0/s1. The van der Waals surface area contributed by atoms with Crippen LogP contribution >= 0.6 is 17.8 Å². The quantitative estimate of drug-likeness (QED) is 0.521. The molecule has 0 radical (unpaired) electrons. The number of esters is 2. The van der Waals surface area contributed by atoms with E-state index in [-0.39, 0.29) is 12.2 Å². The monoisotopic (exact) mass is 340 g/mol. The summed E-state index contributed by atoms with van der Waals surface area (Å²) in [6.07, 6.45) is 3.40. The van der Waals surface area contributed by atoms with Gasteiger partial charge < -0.3 is 9.47 Å². The summed E-state index contributed by atoms with van der Waals surface area (Å²) >= 11 is 6.25. The summed E-state index contributed by atoms with van der Waals surface area (Å²) in [5.41, 5.74) is 0. The van der Waals surface area contributed by atoms with Crippen molar-refractivity contribution in [3.05, 3.63) is 0 Å². The predicted molar refractivity (Wildman–Crippen MR) is 87.5 cm³/mol. The molecule has 124 valence electrons. The molecular formula is C13H26ClN2O4P. The molecule has 0 unspecified atom stereocenters. The van der Waals surface area contributed by atoms with Crippen molar-refractivity contribution in [3.63, 3.8) is 0 Å². The molecule has 8 heteroatoms. The molecule has 0 aromatic carbocycles.